The van der Waals surface area contributed by atoms with Crippen molar-refractivity contribution in [3.8, 4) is 22.8 Å². The van der Waals surface area contributed by atoms with E-state index in [4.69, 9.17) is 19.2 Å². The number of ether oxygens (including phenoxy) is 3. The molecule has 3 aromatic rings. The number of hydrogen-bond acceptors (Lipinski definition) is 4. The number of nitrogens with zero attached hydrogens (tertiary/aromatic N) is 2. The smallest absolute Gasteiger partial charge is 0.161 e. The summed E-state index contributed by atoms with van der Waals surface area (Å²) in [6.45, 7) is 3.73. The van der Waals surface area contributed by atoms with Crippen LogP contribution in [0, 0.1) is 0 Å². The first-order valence-corrected chi connectivity index (χ1v) is 9.95. The molecular formula is C23H24N2O3. The summed E-state index contributed by atoms with van der Waals surface area (Å²) in [7, 11) is 0. The van der Waals surface area contributed by atoms with Gasteiger partial charge in [0.05, 0.1) is 37.5 Å². The Morgan fingerprint density at radius 3 is 2.64 bits per heavy atom. The van der Waals surface area contributed by atoms with Crippen molar-refractivity contribution >= 4 is 0 Å². The number of rotatable bonds is 4. The maximum absolute atomic E-state index is 5.86. The average molecular weight is 376 g/mol. The highest BCUT2D eigenvalue weighted by atomic mass is 16.5. The summed E-state index contributed by atoms with van der Waals surface area (Å²) >= 11 is 0. The van der Waals surface area contributed by atoms with Crippen LogP contribution in [0.15, 0.2) is 54.9 Å². The SMILES string of the molecule is c1ccc(-c2ncn(Cc3ccc4c(c3)OCCCO4)c2C2CCOC2)cc1. The molecule has 0 bridgehead atoms. The molecule has 5 heteroatoms. The van der Waals surface area contributed by atoms with E-state index in [9.17, 15) is 0 Å². The molecule has 144 valence electrons. The number of imidazole rings is 1. The normalized spacial score (nSPS) is 18.8. The van der Waals surface area contributed by atoms with Crippen LogP contribution in [0.4, 0.5) is 0 Å². The first kappa shape index (κ1) is 17.3. The molecule has 2 aliphatic rings. The summed E-state index contributed by atoms with van der Waals surface area (Å²) in [6.07, 6.45) is 3.91. The van der Waals surface area contributed by atoms with Crippen LogP contribution in [0.1, 0.15) is 30.0 Å². The van der Waals surface area contributed by atoms with E-state index in [-0.39, 0.29) is 0 Å². The number of hydrogen-bond donors (Lipinski definition) is 0. The van der Waals surface area contributed by atoms with Crippen LogP contribution in [-0.4, -0.2) is 36.0 Å². The van der Waals surface area contributed by atoms with Gasteiger partial charge in [-0.25, -0.2) is 4.98 Å². The molecule has 0 spiro atoms. The minimum absolute atomic E-state index is 0.373. The van der Waals surface area contributed by atoms with Crippen molar-refractivity contribution in [2.45, 2.75) is 25.3 Å². The Morgan fingerprint density at radius 1 is 0.964 bits per heavy atom. The predicted molar refractivity (Wildman–Crippen MR) is 107 cm³/mol. The van der Waals surface area contributed by atoms with Crippen molar-refractivity contribution in [1.82, 2.24) is 9.55 Å². The highest BCUT2D eigenvalue weighted by molar-refractivity contribution is 5.62. The summed E-state index contributed by atoms with van der Waals surface area (Å²) < 4.78 is 19.6. The fraction of sp³-hybridized carbons (Fsp3) is 0.348. The average Bonchev–Trinajstić information content (AvgIpc) is 3.33. The van der Waals surface area contributed by atoms with Crippen LogP contribution < -0.4 is 9.47 Å². The van der Waals surface area contributed by atoms with Crippen LogP contribution in [-0.2, 0) is 11.3 Å². The van der Waals surface area contributed by atoms with E-state index in [1.54, 1.807) is 0 Å². The third kappa shape index (κ3) is 3.38. The molecule has 0 radical (unpaired) electrons. The largest absolute Gasteiger partial charge is 0.490 e. The fourth-order valence-corrected chi connectivity index (χ4v) is 4.02. The highest BCUT2D eigenvalue weighted by Gasteiger charge is 2.26. The molecule has 1 atom stereocenters. The summed E-state index contributed by atoms with van der Waals surface area (Å²) in [6, 6.07) is 16.6. The molecule has 0 amide bonds. The summed E-state index contributed by atoms with van der Waals surface area (Å²) in [5, 5.41) is 0. The molecule has 0 N–H and O–H groups in total. The molecule has 5 nitrogen and oxygen atoms in total. The van der Waals surface area contributed by atoms with Gasteiger partial charge in [0.2, 0.25) is 0 Å². The van der Waals surface area contributed by atoms with Gasteiger partial charge in [-0.2, -0.15) is 0 Å². The quantitative estimate of drug-likeness (QED) is 0.682. The highest BCUT2D eigenvalue weighted by Crippen LogP contribution is 2.35. The van der Waals surface area contributed by atoms with Gasteiger partial charge >= 0.3 is 0 Å². The minimum Gasteiger partial charge on any atom is -0.490 e. The Labute approximate surface area is 164 Å². The van der Waals surface area contributed by atoms with Crippen molar-refractivity contribution in [1.29, 1.82) is 0 Å². The molecule has 0 aliphatic carbocycles. The third-order valence-electron chi connectivity index (χ3n) is 5.41. The Balaban J connectivity index is 1.50. The Kier molecular flexibility index (Phi) is 4.75. The van der Waals surface area contributed by atoms with Crippen LogP contribution in [0.25, 0.3) is 11.3 Å². The number of benzene rings is 2. The van der Waals surface area contributed by atoms with Crippen LogP contribution >= 0.6 is 0 Å². The zero-order valence-corrected chi connectivity index (χ0v) is 15.8. The van der Waals surface area contributed by atoms with Crippen molar-refractivity contribution < 1.29 is 14.2 Å². The summed E-state index contributed by atoms with van der Waals surface area (Å²) in [5.74, 6) is 2.04. The summed E-state index contributed by atoms with van der Waals surface area (Å²) in [5.41, 5.74) is 4.66. The molecule has 2 aliphatic heterocycles. The molecule has 2 aromatic carbocycles. The van der Waals surface area contributed by atoms with Crippen LogP contribution in [0.5, 0.6) is 11.5 Å². The second kappa shape index (κ2) is 7.68. The van der Waals surface area contributed by atoms with E-state index in [0.29, 0.717) is 19.1 Å². The van der Waals surface area contributed by atoms with Gasteiger partial charge in [0.25, 0.3) is 0 Å². The maximum atomic E-state index is 5.86. The van der Waals surface area contributed by atoms with Gasteiger partial charge in [0, 0.05) is 31.1 Å². The molecular weight excluding hydrogens is 352 g/mol. The molecule has 1 unspecified atom stereocenters. The van der Waals surface area contributed by atoms with Gasteiger partial charge < -0.3 is 18.8 Å². The van der Waals surface area contributed by atoms with E-state index < -0.39 is 0 Å². The lowest BCUT2D eigenvalue weighted by Gasteiger charge is -2.16. The zero-order chi connectivity index (χ0) is 18.8. The second-order valence-corrected chi connectivity index (χ2v) is 7.36. The van der Waals surface area contributed by atoms with Gasteiger partial charge in [0.1, 0.15) is 0 Å². The lowest BCUT2D eigenvalue weighted by atomic mass is 9.99. The Hall–Kier alpha value is -2.79. The zero-order valence-electron chi connectivity index (χ0n) is 15.8. The molecule has 0 saturated carbocycles. The van der Waals surface area contributed by atoms with Crippen LogP contribution in [0.2, 0.25) is 0 Å². The van der Waals surface area contributed by atoms with E-state index in [2.05, 4.69) is 41.0 Å². The van der Waals surface area contributed by atoms with Crippen molar-refractivity contribution in [2.75, 3.05) is 26.4 Å². The van der Waals surface area contributed by atoms with Gasteiger partial charge in [-0.15, -0.1) is 0 Å². The van der Waals surface area contributed by atoms with E-state index in [1.807, 2.05) is 18.5 Å². The topological polar surface area (TPSA) is 45.5 Å². The predicted octanol–water partition coefficient (Wildman–Crippen LogP) is 4.26. The Bertz CT molecular complexity index is 946. The van der Waals surface area contributed by atoms with Crippen molar-refractivity contribution in [3.05, 3.63) is 66.1 Å². The third-order valence-corrected chi connectivity index (χ3v) is 5.41. The number of fused-ring (bicyclic) bond motifs is 1. The first-order chi connectivity index (χ1) is 13.9. The minimum atomic E-state index is 0.373. The maximum Gasteiger partial charge on any atom is 0.161 e. The lowest BCUT2D eigenvalue weighted by molar-refractivity contribution is 0.193. The van der Waals surface area contributed by atoms with E-state index >= 15 is 0 Å². The van der Waals surface area contributed by atoms with Gasteiger partial charge in [-0.3, -0.25) is 0 Å². The molecule has 5 rings (SSSR count). The van der Waals surface area contributed by atoms with Crippen molar-refractivity contribution in [3.63, 3.8) is 0 Å². The van der Waals surface area contributed by atoms with Gasteiger partial charge in [-0.1, -0.05) is 36.4 Å². The van der Waals surface area contributed by atoms with Gasteiger partial charge in [0.15, 0.2) is 11.5 Å². The fourth-order valence-electron chi connectivity index (χ4n) is 4.02. The van der Waals surface area contributed by atoms with E-state index in [0.717, 1.165) is 55.4 Å². The first-order valence-electron chi connectivity index (χ1n) is 9.95. The molecule has 1 saturated heterocycles. The van der Waals surface area contributed by atoms with Crippen molar-refractivity contribution in [2.24, 2.45) is 0 Å². The molecule has 3 heterocycles. The molecule has 1 fully saturated rings. The lowest BCUT2D eigenvalue weighted by Crippen LogP contribution is -2.10. The standard InChI is InChI=1S/C23H24N2O3/c1-2-5-18(6-3-1)22-23(19-9-12-26-15-19)25(16-24-22)14-17-7-8-20-21(13-17)28-11-4-10-27-20/h1-3,5-8,13,16,19H,4,9-12,14-15H2. The van der Waals surface area contributed by atoms with E-state index in [1.165, 1.54) is 11.3 Å². The molecule has 1 aromatic heterocycles. The molecule has 28 heavy (non-hydrogen) atoms. The Morgan fingerprint density at radius 2 is 1.82 bits per heavy atom. The summed E-state index contributed by atoms with van der Waals surface area (Å²) in [4.78, 5) is 4.78. The van der Waals surface area contributed by atoms with Gasteiger partial charge in [-0.05, 0) is 24.1 Å². The van der Waals surface area contributed by atoms with Crippen LogP contribution in [0.3, 0.4) is 0 Å². The monoisotopic (exact) mass is 376 g/mol. The number of aromatic nitrogens is 2. The second-order valence-electron chi connectivity index (χ2n) is 7.36.